The van der Waals surface area contributed by atoms with Crippen LogP contribution < -0.4 is 10.2 Å². The summed E-state index contributed by atoms with van der Waals surface area (Å²) in [7, 11) is 0. The van der Waals surface area contributed by atoms with Gasteiger partial charge in [0.15, 0.2) is 5.76 Å². The third-order valence-electron chi connectivity index (χ3n) is 5.06. The van der Waals surface area contributed by atoms with Crippen molar-refractivity contribution in [1.29, 1.82) is 0 Å². The average Bonchev–Trinajstić information content (AvgIpc) is 3.34. The summed E-state index contributed by atoms with van der Waals surface area (Å²) in [4.78, 5) is 13.2. The third-order valence-corrected chi connectivity index (χ3v) is 5.06. The van der Waals surface area contributed by atoms with Crippen molar-refractivity contribution in [3.05, 3.63) is 125 Å². The molecule has 0 radical (unpaired) electrons. The van der Waals surface area contributed by atoms with Gasteiger partial charge in [0.25, 0.3) is 0 Å². The van der Waals surface area contributed by atoms with E-state index in [1.807, 2.05) is 97.1 Å². The van der Waals surface area contributed by atoms with Crippen LogP contribution in [0.2, 0.25) is 0 Å². The molecule has 2 heterocycles. The van der Waals surface area contributed by atoms with Crippen LogP contribution in [0.4, 0.5) is 0 Å². The van der Waals surface area contributed by atoms with Crippen LogP contribution in [0.3, 0.4) is 0 Å². The van der Waals surface area contributed by atoms with Crippen molar-refractivity contribution in [2.45, 2.75) is 6.61 Å². The van der Waals surface area contributed by atoms with E-state index < -0.39 is 0 Å². The summed E-state index contributed by atoms with van der Waals surface area (Å²) in [5.41, 5.74) is 3.01. The van der Waals surface area contributed by atoms with Crippen LogP contribution in [0.15, 0.2) is 119 Å². The molecular weight excluding hydrogens is 400 g/mol. The van der Waals surface area contributed by atoms with E-state index in [0.29, 0.717) is 17.2 Å². The molecule has 0 saturated carbocycles. The second kappa shape index (κ2) is 8.78. The summed E-state index contributed by atoms with van der Waals surface area (Å²) < 4.78 is 14.0. The van der Waals surface area contributed by atoms with E-state index in [2.05, 4.69) is 5.10 Å². The van der Waals surface area contributed by atoms with Gasteiger partial charge in [-0.2, -0.15) is 5.10 Å². The molecule has 2 aromatic heterocycles. The van der Waals surface area contributed by atoms with E-state index in [-0.39, 0.29) is 17.8 Å². The van der Waals surface area contributed by atoms with Gasteiger partial charge in [-0.3, -0.25) is 4.79 Å². The normalized spacial score (nSPS) is 10.8. The predicted octanol–water partition coefficient (Wildman–Crippen LogP) is 5.74. The Morgan fingerprint density at radius 3 is 2.19 bits per heavy atom. The minimum Gasteiger partial charge on any atom is -0.481 e. The van der Waals surface area contributed by atoms with Crippen molar-refractivity contribution in [3.63, 3.8) is 0 Å². The maximum absolute atomic E-state index is 13.2. The Morgan fingerprint density at radius 2 is 1.47 bits per heavy atom. The zero-order valence-electron chi connectivity index (χ0n) is 17.2. The van der Waals surface area contributed by atoms with Gasteiger partial charge in [0, 0.05) is 11.6 Å². The number of aromatic nitrogens is 2. The van der Waals surface area contributed by atoms with E-state index in [4.69, 9.17) is 9.15 Å². The summed E-state index contributed by atoms with van der Waals surface area (Å²) >= 11 is 0. The molecule has 5 aromatic rings. The van der Waals surface area contributed by atoms with Crippen LogP contribution in [0.5, 0.6) is 5.75 Å². The lowest BCUT2D eigenvalue weighted by Gasteiger charge is -2.13. The second-order valence-corrected chi connectivity index (χ2v) is 7.24. The minimum absolute atomic E-state index is 0.159. The first-order valence-corrected chi connectivity index (χ1v) is 10.3. The number of nitrogens with zero attached hydrogens (tertiary/aromatic N) is 2. The van der Waals surface area contributed by atoms with E-state index in [1.54, 1.807) is 10.9 Å². The zero-order valence-corrected chi connectivity index (χ0v) is 17.2. The lowest BCUT2D eigenvalue weighted by Crippen LogP contribution is -2.11. The Bertz CT molecular complexity index is 1380. The largest absolute Gasteiger partial charge is 0.481 e. The van der Waals surface area contributed by atoms with Crippen molar-refractivity contribution < 1.29 is 9.15 Å². The molecule has 32 heavy (non-hydrogen) atoms. The molecule has 0 unspecified atom stereocenters. The smallest absolute Gasteiger partial charge is 0.228 e. The topological polar surface area (TPSA) is 57.3 Å². The van der Waals surface area contributed by atoms with Gasteiger partial charge in [-0.15, -0.1) is 0 Å². The molecule has 0 aliphatic carbocycles. The van der Waals surface area contributed by atoms with E-state index >= 15 is 0 Å². The van der Waals surface area contributed by atoms with Gasteiger partial charge in [-0.25, -0.2) is 4.68 Å². The molecule has 0 bridgehead atoms. The highest BCUT2D eigenvalue weighted by Gasteiger charge is 2.21. The van der Waals surface area contributed by atoms with Crippen molar-refractivity contribution in [3.8, 4) is 34.2 Å². The number of ether oxygens (including phenoxy) is 1. The van der Waals surface area contributed by atoms with Gasteiger partial charge in [0.2, 0.25) is 11.2 Å². The number of benzene rings is 3. The molecule has 0 aliphatic rings. The lowest BCUT2D eigenvalue weighted by molar-refractivity contribution is 0.295. The molecule has 0 amide bonds. The number of para-hydroxylation sites is 1. The molecule has 5 rings (SSSR count). The lowest BCUT2D eigenvalue weighted by atomic mass is 10.1. The Kier molecular flexibility index (Phi) is 5.37. The first-order chi connectivity index (χ1) is 15.8. The SMILES string of the molecule is O=c1cc(-c2ccccc2)oc(-c2ccnn2-c2ccccc2)c1OCc1ccccc1. The highest BCUT2D eigenvalue weighted by Crippen LogP contribution is 2.33. The molecule has 0 N–H and O–H groups in total. The van der Waals surface area contributed by atoms with E-state index in [9.17, 15) is 4.79 Å². The van der Waals surface area contributed by atoms with Crippen LogP contribution >= 0.6 is 0 Å². The first-order valence-electron chi connectivity index (χ1n) is 10.3. The second-order valence-electron chi connectivity index (χ2n) is 7.24. The highest BCUT2D eigenvalue weighted by atomic mass is 16.5. The third kappa shape index (κ3) is 3.96. The molecular formula is C27H20N2O3. The van der Waals surface area contributed by atoms with Crippen LogP contribution in [0, 0.1) is 0 Å². The summed E-state index contributed by atoms with van der Waals surface area (Å²) in [6.07, 6.45) is 1.68. The minimum atomic E-state index is -0.248. The van der Waals surface area contributed by atoms with Crippen LogP contribution in [0.25, 0.3) is 28.5 Å². The maximum atomic E-state index is 13.2. The van der Waals surface area contributed by atoms with Gasteiger partial charge < -0.3 is 9.15 Å². The highest BCUT2D eigenvalue weighted by molar-refractivity contribution is 5.67. The summed E-state index contributed by atoms with van der Waals surface area (Å²) in [5, 5.41) is 4.45. The standard InChI is InChI=1S/C27H20N2O3/c30-24-18-25(21-12-6-2-7-13-21)32-26(27(24)31-19-20-10-4-1-5-11-20)23-16-17-28-29(23)22-14-8-3-9-15-22/h1-18H,19H2. The molecule has 0 aliphatic heterocycles. The molecule has 0 fully saturated rings. The number of hydrogen-bond donors (Lipinski definition) is 0. The Balaban J connectivity index is 1.65. The average molecular weight is 420 g/mol. The molecule has 0 spiro atoms. The predicted molar refractivity (Wildman–Crippen MR) is 124 cm³/mol. The molecule has 156 valence electrons. The van der Waals surface area contributed by atoms with E-state index in [1.165, 1.54) is 6.07 Å². The van der Waals surface area contributed by atoms with Gasteiger partial charge in [-0.05, 0) is 23.8 Å². The Labute approximate surface area is 185 Å². The molecule has 0 saturated heterocycles. The molecule has 0 atom stereocenters. The van der Waals surface area contributed by atoms with Crippen LogP contribution in [-0.4, -0.2) is 9.78 Å². The quantitative estimate of drug-likeness (QED) is 0.352. The molecule has 5 heteroatoms. The van der Waals surface area contributed by atoms with Crippen molar-refractivity contribution in [2.75, 3.05) is 0 Å². The van der Waals surface area contributed by atoms with Gasteiger partial charge in [0.05, 0.1) is 11.9 Å². The Hall–Kier alpha value is -4.38. The van der Waals surface area contributed by atoms with Crippen LogP contribution in [0.1, 0.15) is 5.56 Å². The van der Waals surface area contributed by atoms with E-state index in [0.717, 1.165) is 16.8 Å². The maximum Gasteiger partial charge on any atom is 0.228 e. The fourth-order valence-corrected chi connectivity index (χ4v) is 3.51. The van der Waals surface area contributed by atoms with Gasteiger partial charge >= 0.3 is 0 Å². The van der Waals surface area contributed by atoms with Crippen molar-refractivity contribution >= 4 is 0 Å². The first kappa shape index (κ1) is 19.6. The molecule has 3 aromatic carbocycles. The fourth-order valence-electron chi connectivity index (χ4n) is 3.51. The van der Waals surface area contributed by atoms with Crippen molar-refractivity contribution in [1.82, 2.24) is 9.78 Å². The number of rotatable bonds is 6. The summed E-state index contributed by atoms with van der Waals surface area (Å²) in [5.74, 6) is 0.971. The zero-order chi connectivity index (χ0) is 21.8. The monoisotopic (exact) mass is 420 g/mol. The van der Waals surface area contributed by atoms with Gasteiger partial charge in [0.1, 0.15) is 18.1 Å². The van der Waals surface area contributed by atoms with Crippen LogP contribution in [-0.2, 0) is 6.61 Å². The van der Waals surface area contributed by atoms with Gasteiger partial charge in [-0.1, -0.05) is 78.9 Å². The number of hydrogen-bond acceptors (Lipinski definition) is 4. The summed E-state index contributed by atoms with van der Waals surface area (Å²) in [6.45, 7) is 0.253. The fraction of sp³-hybridized carbons (Fsp3) is 0.0370. The van der Waals surface area contributed by atoms with Crippen molar-refractivity contribution in [2.24, 2.45) is 0 Å². The Morgan fingerprint density at radius 1 is 0.812 bits per heavy atom. The molecule has 5 nitrogen and oxygen atoms in total. The summed E-state index contributed by atoms with van der Waals surface area (Å²) in [6, 6.07) is 32.2.